The van der Waals surface area contributed by atoms with Crippen LogP contribution in [-0.4, -0.2) is 13.1 Å². The third-order valence-corrected chi connectivity index (χ3v) is 3.19. The lowest BCUT2D eigenvalue weighted by Crippen LogP contribution is -2.30. The van der Waals surface area contributed by atoms with Gasteiger partial charge in [0.15, 0.2) is 0 Å². The Morgan fingerprint density at radius 1 is 1.20 bits per heavy atom. The number of hydrogen-bond acceptors (Lipinski definition) is 2. The maximum atomic E-state index is 5.96. The van der Waals surface area contributed by atoms with Crippen LogP contribution in [-0.2, 0) is 6.54 Å². The van der Waals surface area contributed by atoms with Crippen molar-refractivity contribution >= 4 is 17.3 Å². The molecule has 1 fully saturated rings. The number of rotatable bonds is 2. The van der Waals surface area contributed by atoms with E-state index in [4.69, 9.17) is 17.3 Å². The van der Waals surface area contributed by atoms with Crippen molar-refractivity contribution in [2.24, 2.45) is 5.73 Å². The van der Waals surface area contributed by atoms with E-state index in [0.29, 0.717) is 6.54 Å². The molecule has 1 aromatic rings. The summed E-state index contributed by atoms with van der Waals surface area (Å²) in [4.78, 5) is 2.42. The number of nitrogens with zero attached hydrogens (tertiary/aromatic N) is 1. The Balaban J connectivity index is 2.25. The molecule has 1 aromatic carbocycles. The van der Waals surface area contributed by atoms with Crippen LogP contribution >= 0.6 is 11.6 Å². The summed E-state index contributed by atoms with van der Waals surface area (Å²) in [7, 11) is 0. The van der Waals surface area contributed by atoms with E-state index in [9.17, 15) is 0 Å². The molecule has 2 rings (SSSR count). The fraction of sp³-hybridized carbons (Fsp3) is 0.500. The Kier molecular flexibility index (Phi) is 3.49. The molecule has 0 atom stereocenters. The van der Waals surface area contributed by atoms with Gasteiger partial charge in [0, 0.05) is 30.3 Å². The summed E-state index contributed by atoms with van der Waals surface area (Å²) in [5.74, 6) is 0. The Morgan fingerprint density at radius 2 is 1.93 bits per heavy atom. The molecule has 0 radical (unpaired) electrons. The summed E-state index contributed by atoms with van der Waals surface area (Å²) in [6.07, 6.45) is 3.92. The van der Waals surface area contributed by atoms with E-state index in [-0.39, 0.29) is 0 Å². The van der Waals surface area contributed by atoms with Gasteiger partial charge in [0.05, 0.1) is 0 Å². The summed E-state index contributed by atoms with van der Waals surface area (Å²) < 4.78 is 0. The Morgan fingerprint density at radius 3 is 2.60 bits per heavy atom. The molecular formula is C12H17ClN2. The molecular weight excluding hydrogens is 208 g/mol. The number of hydrogen-bond donors (Lipinski definition) is 1. The quantitative estimate of drug-likeness (QED) is 0.837. The van der Waals surface area contributed by atoms with Crippen molar-refractivity contribution in [1.29, 1.82) is 0 Å². The van der Waals surface area contributed by atoms with Gasteiger partial charge in [-0.1, -0.05) is 11.6 Å². The first-order valence-electron chi connectivity index (χ1n) is 5.54. The summed E-state index contributed by atoms with van der Waals surface area (Å²) in [5.41, 5.74) is 8.16. The van der Waals surface area contributed by atoms with E-state index < -0.39 is 0 Å². The van der Waals surface area contributed by atoms with Gasteiger partial charge < -0.3 is 10.6 Å². The molecule has 0 unspecified atom stereocenters. The highest BCUT2D eigenvalue weighted by Gasteiger charge is 2.13. The van der Waals surface area contributed by atoms with Crippen LogP contribution in [0, 0.1) is 0 Å². The van der Waals surface area contributed by atoms with Crippen molar-refractivity contribution in [3.05, 3.63) is 28.8 Å². The Hall–Kier alpha value is -0.730. The normalized spacial score (nSPS) is 16.8. The molecule has 0 amide bonds. The minimum atomic E-state index is 0.562. The number of nitrogens with two attached hydrogens (primary N) is 1. The average Bonchev–Trinajstić information content (AvgIpc) is 2.30. The van der Waals surface area contributed by atoms with Crippen LogP contribution in [0.5, 0.6) is 0 Å². The first kappa shape index (κ1) is 10.8. The molecule has 3 heteroatoms. The molecule has 15 heavy (non-hydrogen) atoms. The molecule has 0 spiro atoms. The van der Waals surface area contributed by atoms with E-state index in [2.05, 4.69) is 11.0 Å². The van der Waals surface area contributed by atoms with Crippen molar-refractivity contribution in [2.45, 2.75) is 25.8 Å². The number of anilines is 1. The molecule has 2 N–H and O–H groups in total. The SMILES string of the molecule is NCc1cc(Cl)ccc1N1CCCCC1. The maximum absolute atomic E-state index is 5.96. The van der Waals surface area contributed by atoms with Gasteiger partial charge in [0.2, 0.25) is 0 Å². The zero-order valence-electron chi connectivity index (χ0n) is 8.88. The van der Waals surface area contributed by atoms with Gasteiger partial charge in [0.1, 0.15) is 0 Å². The molecule has 0 aliphatic carbocycles. The molecule has 82 valence electrons. The van der Waals surface area contributed by atoms with E-state index in [0.717, 1.165) is 23.7 Å². The van der Waals surface area contributed by atoms with Crippen LogP contribution in [0.25, 0.3) is 0 Å². The van der Waals surface area contributed by atoms with Gasteiger partial charge in [-0.05, 0) is 43.0 Å². The summed E-state index contributed by atoms with van der Waals surface area (Å²) in [6.45, 7) is 2.86. The highest BCUT2D eigenvalue weighted by molar-refractivity contribution is 6.30. The predicted molar refractivity (Wildman–Crippen MR) is 65.4 cm³/mol. The molecule has 1 saturated heterocycles. The van der Waals surface area contributed by atoms with Gasteiger partial charge in [-0.2, -0.15) is 0 Å². The van der Waals surface area contributed by atoms with E-state index >= 15 is 0 Å². The van der Waals surface area contributed by atoms with Gasteiger partial charge >= 0.3 is 0 Å². The Labute approximate surface area is 96.0 Å². The monoisotopic (exact) mass is 224 g/mol. The maximum Gasteiger partial charge on any atom is 0.0412 e. The zero-order chi connectivity index (χ0) is 10.7. The van der Waals surface area contributed by atoms with Crippen molar-refractivity contribution in [1.82, 2.24) is 0 Å². The fourth-order valence-corrected chi connectivity index (χ4v) is 2.36. The van der Waals surface area contributed by atoms with Gasteiger partial charge in [-0.25, -0.2) is 0 Å². The predicted octanol–water partition coefficient (Wildman–Crippen LogP) is 2.79. The van der Waals surface area contributed by atoms with E-state index in [1.165, 1.54) is 24.9 Å². The summed E-state index contributed by atoms with van der Waals surface area (Å²) >= 11 is 5.96. The number of halogens is 1. The third-order valence-electron chi connectivity index (χ3n) is 2.96. The van der Waals surface area contributed by atoms with Gasteiger partial charge in [0.25, 0.3) is 0 Å². The molecule has 2 nitrogen and oxygen atoms in total. The lowest BCUT2D eigenvalue weighted by molar-refractivity contribution is 0.576. The molecule has 1 aliphatic rings. The summed E-state index contributed by atoms with van der Waals surface area (Å²) in [6, 6.07) is 6.02. The fourth-order valence-electron chi connectivity index (χ4n) is 2.16. The van der Waals surface area contributed by atoms with Gasteiger partial charge in [-0.15, -0.1) is 0 Å². The van der Waals surface area contributed by atoms with E-state index in [1.54, 1.807) is 0 Å². The van der Waals surface area contributed by atoms with Crippen molar-refractivity contribution < 1.29 is 0 Å². The lowest BCUT2D eigenvalue weighted by Gasteiger charge is -2.30. The second-order valence-electron chi connectivity index (χ2n) is 4.02. The van der Waals surface area contributed by atoms with Crippen LogP contribution in [0.4, 0.5) is 5.69 Å². The standard InChI is InChI=1S/C12H17ClN2/c13-11-4-5-12(10(8-11)9-14)15-6-2-1-3-7-15/h4-5,8H,1-3,6-7,9,14H2. The van der Waals surface area contributed by atoms with Crippen molar-refractivity contribution in [3.63, 3.8) is 0 Å². The molecule has 0 aromatic heterocycles. The van der Waals surface area contributed by atoms with Crippen molar-refractivity contribution in [3.8, 4) is 0 Å². The van der Waals surface area contributed by atoms with Crippen molar-refractivity contribution in [2.75, 3.05) is 18.0 Å². The minimum Gasteiger partial charge on any atom is -0.371 e. The number of benzene rings is 1. The van der Waals surface area contributed by atoms with Crippen LogP contribution in [0.3, 0.4) is 0 Å². The number of piperidine rings is 1. The molecule has 0 bridgehead atoms. The lowest BCUT2D eigenvalue weighted by atomic mass is 10.1. The Bertz CT molecular complexity index is 332. The first-order valence-corrected chi connectivity index (χ1v) is 5.92. The second kappa shape index (κ2) is 4.86. The summed E-state index contributed by atoms with van der Waals surface area (Å²) in [5, 5.41) is 0.774. The second-order valence-corrected chi connectivity index (χ2v) is 4.46. The average molecular weight is 225 g/mol. The van der Waals surface area contributed by atoms with E-state index in [1.807, 2.05) is 12.1 Å². The molecule has 1 aliphatic heterocycles. The van der Waals surface area contributed by atoms with Crippen LogP contribution in [0.15, 0.2) is 18.2 Å². The van der Waals surface area contributed by atoms with Crippen LogP contribution < -0.4 is 10.6 Å². The highest BCUT2D eigenvalue weighted by atomic mass is 35.5. The topological polar surface area (TPSA) is 29.3 Å². The zero-order valence-corrected chi connectivity index (χ0v) is 9.63. The minimum absolute atomic E-state index is 0.562. The molecule has 1 heterocycles. The first-order chi connectivity index (χ1) is 7.31. The molecule has 0 saturated carbocycles. The highest BCUT2D eigenvalue weighted by Crippen LogP contribution is 2.26. The van der Waals surface area contributed by atoms with Gasteiger partial charge in [-0.3, -0.25) is 0 Å². The third kappa shape index (κ3) is 2.44. The largest absolute Gasteiger partial charge is 0.371 e. The van der Waals surface area contributed by atoms with Crippen LogP contribution in [0.2, 0.25) is 5.02 Å². The smallest absolute Gasteiger partial charge is 0.0412 e. The van der Waals surface area contributed by atoms with Crippen LogP contribution in [0.1, 0.15) is 24.8 Å².